The topological polar surface area (TPSA) is 25.0 Å². The van der Waals surface area contributed by atoms with Crippen LogP contribution in [-0.2, 0) is 0 Å². The van der Waals surface area contributed by atoms with Crippen LogP contribution in [0.3, 0.4) is 0 Å². The molecule has 0 atom stereocenters. The first-order valence-electron chi connectivity index (χ1n) is 5.51. The highest BCUT2D eigenvalue weighted by molar-refractivity contribution is 5.85. The van der Waals surface area contributed by atoms with E-state index >= 15 is 0 Å². The zero-order valence-corrected chi connectivity index (χ0v) is 9.53. The third-order valence-electron chi connectivity index (χ3n) is 2.89. The summed E-state index contributed by atoms with van der Waals surface area (Å²) in [5.74, 6) is 0.776. The number of aromatic nitrogens is 1. The van der Waals surface area contributed by atoms with E-state index < -0.39 is 0 Å². The van der Waals surface area contributed by atoms with Crippen LogP contribution in [0.1, 0.15) is 0 Å². The summed E-state index contributed by atoms with van der Waals surface area (Å²) in [5, 5.41) is 1.22. The molecule has 3 rings (SSSR count). The van der Waals surface area contributed by atoms with Crippen molar-refractivity contribution in [1.29, 1.82) is 0 Å². The second kappa shape index (κ2) is 3.98. The van der Waals surface area contributed by atoms with Crippen molar-refractivity contribution in [2.75, 3.05) is 7.11 Å². The molecule has 0 aliphatic carbocycles. The van der Waals surface area contributed by atoms with Crippen molar-refractivity contribution in [1.82, 2.24) is 4.98 Å². The molecule has 3 aromatic rings. The fourth-order valence-corrected chi connectivity index (χ4v) is 2.03. The quantitative estimate of drug-likeness (QED) is 0.703. The van der Waals surface area contributed by atoms with Crippen molar-refractivity contribution >= 4 is 10.9 Å². The van der Waals surface area contributed by atoms with Gasteiger partial charge < -0.3 is 9.72 Å². The number of nitrogens with one attached hydrogen (secondary N) is 1. The van der Waals surface area contributed by atoms with Gasteiger partial charge in [-0.25, -0.2) is 0 Å². The number of H-pyrrole nitrogens is 1. The summed E-state index contributed by atoms with van der Waals surface area (Å²) in [6.07, 6.45) is 1.95. The van der Waals surface area contributed by atoms with Gasteiger partial charge in [0.05, 0.1) is 7.11 Å². The first kappa shape index (κ1) is 9.97. The normalized spacial score (nSPS) is 10.6. The van der Waals surface area contributed by atoms with E-state index in [-0.39, 0.29) is 0 Å². The van der Waals surface area contributed by atoms with Crippen LogP contribution < -0.4 is 4.74 Å². The van der Waals surface area contributed by atoms with Crippen molar-refractivity contribution in [2.45, 2.75) is 0 Å². The molecule has 0 unspecified atom stereocenters. The predicted molar refractivity (Wildman–Crippen MR) is 69.1 cm³/mol. The maximum absolute atomic E-state index is 5.33. The van der Waals surface area contributed by atoms with Gasteiger partial charge in [-0.15, -0.1) is 0 Å². The number of hydrogen-bond donors (Lipinski definition) is 1. The lowest BCUT2D eigenvalue weighted by Gasteiger charge is -2.07. The minimum atomic E-state index is 0.776. The lowest BCUT2D eigenvalue weighted by atomic mass is 10.0. The molecule has 0 saturated heterocycles. The summed E-state index contributed by atoms with van der Waals surface area (Å²) < 4.78 is 5.33. The summed E-state index contributed by atoms with van der Waals surface area (Å²) in [5.41, 5.74) is 3.33. The van der Waals surface area contributed by atoms with E-state index in [9.17, 15) is 0 Å². The van der Waals surface area contributed by atoms with Crippen LogP contribution in [0.25, 0.3) is 22.0 Å². The van der Waals surface area contributed by atoms with E-state index in [1.165, 1.54) is 5.39 Å². The van der Waals surface area contributed by atoms with Crippen molar-refractivity contribution < 1.29 is 4.74 Å². The highest BCUT2D eigenvalue weighted by Crippen LogP contribution is 2.30. The molecule has 1 aromatic heterocycles. The molecule has 2 nitrogen and oxygen atoms in total. The molecular weight excluding hydrogens is 210 g/mol. The summed E-state index contributed by atoms with van der Waals surface area (Å²) >= 11 is 0. The minimum absolute atomic E-state index is 0.776. The van der Waals surface area contributed by atoms with Crippen molar-refractivity contribution in [2.24, 2.45) is 0 Å². The summed E-state index contributed by atoms with van der Waals surface area (Å²) in [4.78, 5) is 3.22. The van der Waals surface area contributed by atoms with Crippen LogP contribution in [0, 0.1) is 6.07 Å². The number of ether oxygens (including phenoxy) is 1. The lowest BCUT2D eigenvalue weighted by molar-refractivity contribution is 0.415. The average molecular weight is 222 g/mol. The van der Waals surface area contributed by atoms with Crippen molar-refractivity contribution in [3.05, 3.63) is 54.7 Å². The average Bonchev–Trinajstić information content (AvgIpc) is 2.85. The number of benzene rings is 2. The maximum Gasteiger partial charge on any atom is 0.134 e. The molecular formula is C15H12NO. The second-order valence-corrected chi connectivity index (χ2v) is 3.90. The summed E-state index contributed by atoms with van der Waals surface area (Å²) in [6, 6.07) is 17.4. The van der Waals surface area contributed by atoms with E-state index in [4.69, 9.17) is 4.74 Å². The monoisotopic (exact) mass is 222 g/mol. The molecule has 0 aliphatic rings. The molecule has 1 heterocycles. The molecule has 0 spiro atoms. The Labute approximate surface area is 99.9 Å². The fourth-order valence-electron chi connectivity index (χ4n) is 2.03. The van der Waals surface area contributed by atoms with Gasteiger partial charge in [0.2, 0.25) is 0 Å². The van der Waals surface area contributed by atoms with Gasteiger partial charge in [0.25, 0.3) is 0 Å². The predicted octanol–water partition coefficient (Wildman–Crippen LogP) is 3.64. The smallest absolute Gasteiger partial charge is 0.134 e. The van der Waals surface area contributed by atoms with Crippen LogP contribution in [-0.4, -0.2) is 12.1 Å². The van der Waals surface area contributed by atoms with Crippen LogP contribution in [0.4, 0.5) is 0 Å². The third-order valence-corrected chi connectivity index (χ3v) is 2.89. The molecule has 0 aliphatic heterocycles. The van der Waals surface area contributed by atoms with Gasteiger partial charge in [-0.3, -0.25) is 0 Å². The van der Waals surface area contributed by atoms with Gasteiger partial charge in [0.15, 0.2) is 0 Å². The maximum atomic E-state index is 5.33. The Balaban J connectivity index is 2.19. The van der Waals surface area contributed by atoms with Crippen LogP contribution in [0.15, 0.2) is 48.7 Å². The van der Waals surface area contributed by atoms with Crippen LogP contribution in [0.5, 0.6) is 5.75 Å². The molecule has 17 heavy (non-hydrogen) atoms. The Bertz CT molecular complexity index is 655. The highest BCUT2D eigenvalue weighted by Gasteiger charge is 2.05. The van der Waals surface area contributed by atoms with E-state index in [1.54, 1.807) is 7.11 Å². The van der Waals surface area contributed by atoms with Crippen molar-refractivity contribution in [3.63, 3.8) is 0 Å². The highest BCUT2D eigenvalue weighted by atomic mass is 16.5. The summed E-state index contributed by atoms with van der Waals surface area (Å²) in [7, 11) is 1.67. The van der Waals surface area contributed by atoms with Gasteiger partial charge in [-0.1, -0.05) is 30.3 Å². The standard InChI is InChI=1S/C15H12NO/c1-17-15-5-3-2-4-13(15)12-7-6-11-8-9-16-14(11)10-12/h2-4,6-10,16H,1H3. The summed E-state index contributed by atoms with van der Waals surface area (Å²) in [6.45, 7) is 0. The molecule has 0 amide bonds. The third kappa shape index (κ3) is 1.68. The molecule has 0 saturated carbocycles. The minimum Gasteiger partial charge on any atom is -0.495 e. The molecule has 0 bridgehead atoms. The van der Waals surface area contributed by atoms with E-state index in [0.29, 0.717) is 0 Å². The Morgan fingerprint density at radius 2 is 2.12 bits per heavy atom. The largest absolute Gasteiger partial charge is 0.495 e. The number of para-hydroxylation sites is 1. The Morgan fingerprint density at radius 3 is 3.00 bits per heavy atom. The number of hydrogen-bond acceptors (Lipinski definition) is 1. The first-order valence-corrected chi connectivity index (χ1v) is 5.51. The van der Waals surface area contributed by atoms with Gasteiger partial charge in [-0.2, -0.15) is 0 Å². The van der Waals surface area contributed by atoms with Gasteiger partial charge >= 0.3 is 0 Å². The number of aromatic amines is 1. The molecule has 2 heteroatoms. The Kier molecular flexibility index (Phi) is 2.33. The zero-order valence-electron chi connectivity index (χ0n) is 9.53. The van der Waals surface area contributed by atoms with Gasteiger partial charge in [0, 0.05) is 23.3 Å². The Hall–Kier alpha value is -2.22. The fraction of sp³-hybridized carbons (Fsp3) is 0.0667. The molecule has 1 radical (unpaired) electrons. The Morgan fingerprint density at radius 1 is 1.18 bits per heavy atom. The van der Waals surface area contributed by atoms with Crippen LogP contribution in [0.2, 0.25) is 0 Å². The van der Waals surface area contributed by atoms with Gasteiger partial charge in [0.1, 0.15) is 5.75 Å². The SMILES string of the molecule is COc1[c]cccc1-c1ccc2cc[nH]c2c1. The molecule has 1 N–H and O–H groups in total. The molecule has 83 valence electrons. The van der Waals surface area contributed by atoms with E-state index in [1.807, 2.05) is 24.4 Å². The van der Waals surface area contributed by atoms with Gasteiger partial charge in [-0.05, 0) is 23.1 Å². The number of rotatable bonds is 2. The van der Waals surface area contributed by atoms with Crippen molar-refractivity contribution in [3.8, 4) is 16.9 Å². The number of fused-ring (bicyclic) bond motifs is 1. The lowest BCUT2D eigenvalue weighted by Crippen LogP contribution is -1.87. The second-order valence-electron chi connectivity index (χ2n) is 3.90. The molecule has 2 aromatic carbocycles. The zero-order chi connectivity index (χ0) is 11.7. The van der Waals surface area contributed by atoms with E-state index in [2.05, 4.69) is 35.3 Å². The van der Waals surface area contributed by atoms with Crippen LogP contribution >= 0.6 is 0 Å². The number of methoxy groups -OCH3 is 1. The van der Waals surface area contributed by atoms with E-state index in [0.717, 1.165) is 22.4 Å². The molecule has 0 fully saturated rings. The first-order chi connectivity index (χ1) is 8.38.